The number of fused-ring (bicyclic) bond motifs is 2. The van der Waals surface area contributed by atoms with Gasteiger partial charge in [-0.15, -0.1) is 0 Å². The van der Waals surface area contributed by atoms with Crippen LogP contribution in [-0.2, 0) is 16.6 Å². The summed E-state index contributed by atoms with van der Waals surface area (Å²) >= 11 is 0. The van der Waals surface area contributed by atoms with E-state index in [-0.39, 0.29) is 17.0 Å². The van der Waals surface area contributed by atoms with E-state index in [4.69, 9.17) is 4.74 Å². The second-order valence-corrected chi connectivity index (χ2v) is 7.69. The normalized spacial score (nSPS) is 25.9. The first kappa shape index (κ1) is 14.7. The van der Waals surface area contributed by atoms with Crippen molar-refractivity contribution in [3.63, 3.8) is 0 Å². The second kappa shape index (κ2) is 5.63. The molecule has 120 valence electrons. The first-order valence-electron chi connectivity index (χ1n) is 7.66. The van der Waals surface area contributed by atoms with Gasteiger partial charge in [0.25, 0.3) is 0 Å². The zero-order valence-electron chi connectivity index (χ0n) is 12.6. The van der Waals surface area contributed by atoms with Gasteiger partial charge in [-0.3, -0.25) is 4.90 Å². The fourth-order valence-corrected chi connectivity index (χ4v) is 4.64. The molecule has 2 aromatic rings. The van der Waals surface area contributed by atoms with E-state index in [1.54, 1.807) is 24.3 Å². The van der Waals surface area contributed by atoms with Gasteiger partial charge in [-0.05, 0) is 17.7 Å². The molecular formula is C17H18N2O3S. The molecule has 6 heteroatoms. The molecule has 0 aliphatic carbocycles. The molecule has 0 spiro atoms. The SMILES string of the molecule is O=S1(=O)N[C@@H]2CN(Cc3ccccc3)C[C@@H]2Oc2ccccc21. The minimum Gasteiger partial charge on any atom is -0.486 e. The van der Waals surface area contributed by atoms with Crippen LogP contribution in [-0.4, -0.2) is 38.6 Å². The van der Waals surface area contributed by atoms with Crippen molar-refractivity contribution in [3.05, 3.63) is 60.2 Å². The topological polar surface area (TPSA) is 58.6 Å². The summed E-state index contributed by atoms with van der Waals surface area (Å²) in [5, 5.41) is 0. The number of benzene rings is 2. The summed E-state index contributed by atoms with van der Waals surface area (Å²) in [6.45, 7) is 2.14. The van der Waals surface area contributed by atoms with Crippen LogP contribution in [0.15, 0.2) is 59.5 Å². The lowest BCUT2D eigenvalue weighted by molar-refractivity contribution is 0.184. The number of para-hydroxylation sites is 1. The lowest BCUT2D eigenvalue weighted by Crippen LogP contribution is -2.42. The number of rotatable bonds is 2. The fourth-order valence-electron chi connectivity index (χ4n) is 3.25. The third-order valence-corrected chi connectivity index (χ3v) is 5.84. The van der Waals surface area contributed by atoms with Gasteiger partial charge < -0.3 is 4.74 Å². The highest BCUT2D eigenvalue weighted by molar-refractivity contribution is 7.89. The Balaban J connectivity index is 1.57. The van der Waals surface area contributed by atoms with Crippen molar-refractivity contribution in [2.75, 3.05) is 13.1 Å². The van der Waals surface area contributed by atoms with E-state index in [2.05, 4.69) is 21.8 Å². The number of hydrogen-bond acceptors (Lipinski definition) is 4. The zero-order chi connectivity index (χ0) is 15.9. The summed E-state index contributed by atoms with van der Waals surface area (Å²) in [6.07, 6.45) is -0.169. The Morgan fingerprint density at radius 2 is 1.78 bits per heavy atom. The summed E-state index contributed by atoms with van der Waals surface area (Å²) in [4.78, 5) is 2.45. The van der Waals surface area contributed by atoms with Crippen molar-refractivity contribution >= 4 is 10.0 Å². The molecule has 0 amide bonds. The maximum atomic E-state index is 12.5. The molecule has 0 radical (unpaired) electrons. The van der Waals surface area contributed by atoms with Crippen LogP contribution < -0.4 is 9.46 Å². The lowest BCUT2D eigenvalue weighted by atomic mass is 10.2. The van der Waals surface area contributed by atoms with E-state index < -0.39 is 10.0 Å². The van der Waals surface area contributed by atoms with Crippen LogP contribution in [0.25, 0.3) is 0 Å². The monoisotopic (exact) mass is 330 g/mol. The highest BCUT2D eigenvalue weighted by Gasteiger charge is 2.40. The molecule has 0 aromatic heterocycles. The van der Waals surface area contributed by atoms with Crippen LogP contribution in [0.1, 0.15) is 5.56 Å². The molecule has 5 nitrogen and oxygen atoms in total. The Morgan fingerprint density at radius 1 is 1.04 bits per heavy atom. The van der Waals surface area contributed by atoms with Crippen LogP contribution in [0.2, 0.25) is 0 Å². The maximum absolute atomic E-state index is 12.5. The highest BCUT2D eigenvalue weighted by atomic mass is 32.2. The lowest BCUT2D eigenvalue weighted by Gasteiger charge is -2.17. The minimum atomic E-state index is -3.53. The molecule has 2 atom stereocenters. The van der Waals surface area contributed by atoms with Gasteiger partial charge in [0.1, 0.15) is 16.7 Å². The number of likely N-dealkylation sites (tertiary alicyclic amines) is 1. The summed E-state index contributed by atoms with van der Waals surface area (Å²) < 4.78 is 33.8. The van der Waals surface area contributed by atoms with Crippen molar-refractivity contribution in [2.45, 2.75) is 23.6 Å². The number of hydrogen-bond donors (Lipinski definition) is 1. The third-order valence-electron chi connectivity index (χ3n) is 4.31. The molecule has 4 rings (SSSR count). The number of nitrogens with one attached hydrogen (secondary N) is 1. The van der Waals surface area contributed by atoms with Crippen LogP contribution in [0.5, 0.6) is 5.75 Å². The van der Waals surface area contributed by atoms with Gasteiger partial charge in [-0.25, -0.2) is 13.1 Å². The molecule has 2 aliphatic rings. The van der Waals surface area contributed by atoms with E-state index in [0.717, 1.165) is 6.54 Å². The van der Waals surface area contributed by atoms with Crippen molar-refractivity contribution < 1.29 is 13.2 Å². The summed E-state index contributed by atoms with van der Waals surface area (Å²) in [6, 6.07) is 16.8. The van der Waals surface area contributed by atoms with E-state index in [1.807, 2.05) is 18.2 Å². The maximum Gasteiger partial charge on any atom is 0.244 e. The largest absolute Gasteiger partial charge is 0.486 e. The van der Waals surface area contributed by atoms with Crippen LogP contribution in [0, 0.1) is 0 Å². The molecule has 0 unspecified atom stereocenters. The van der Waals surface area contributed by atoms with Gasteiger partial charge in [-0.1, -0.05) is 42.5 Å². The fraction of sp³-hybridized carbons (Fsp3) is 0.294. The van der Waals surface area contributed by atoms with E-state index in [9.17, 15) is 8.42 Å². The van der Waals surface area contributed by atoms with Gasteiger partial charge in [0.2, 0.25) is 10.0 Å². The van der Waals surface area contributed by atoms with Crippen molar-refractivity contribution in [1.82, 2.24) is 9.62 Å². The van der Waals surface area contributed by atoms with Crippen LogP contribution in [0.4, 0.5) is 0 Å². The average Bonchev–Trinajstić information content (AvgIpc) is 2.84. The molecule has 1 saturated heterocycles. The Bertz CT molecular complexity index is 808. The molecule has 0 bridgehead atoms. The molecular weight excluding hydrogens is 312 g/mol. The van der Waals surface area contributed by atoms with Crippen molar-refractivity contribution in [1.29, 1.82) is 0 Å². The van der Waals surface area contributed by atoms with Gasteiger partial charge >= 0.3 is 0 Å². The standard InChI is InChI=1S/C17H18N2O3S/c20-23(21)17-9-5-4-8-15(17)22-16-12-19(11-14(16)18-23)10-13-6-2-1-3-7-13/h1-9,14,16,18H,10-12H2/t14-,16+/m1/s1. The third kappa shape index (κ3) is 2.85. The van der Waals surface area contributed by atoms with Gasteiger partial charge in [0.15, 0.2) is 0 Å². The zero-order valence-corrected chi connectivity index (χ0v) is 13.4. The van der Waals surface area contributed by atoms with Crippen molar-refractivity contribution in [2.24, 2.45) is 0 Å². The number of sulfonamides is 1. The molecule has 2 heterocycles. The van der Waals surface area contributed by atoms with Crippen LogP contribution >= 0.6 is 0 Å². The predicted molar refractivity (Wildman–Crippen MR) is 86.7 cm³/mol. The molecule has 2 aliphatic heterocycles. The average molecular weight is 330 g/mol. The molecule has 2 aromatic carbocycles. The van der Waals surface area contributed by atoms with E-state index in [1.165, 1.54) is 5.56 Å². The highest BCUT2D eigenvalue weighted by Crippen LogP contribution is 2.30. The van der Waals surface area contributed by atoms with Gasteiger partial charge in [-0.2, -0.15) is 0 Å². The van der Waals surface area contributed by atoms with Gasteiger partial charge in [0.05, 0.1) is 6.04 Å². The van der Waals surface area contributed by atoms with Crippen LogP contribution in [0.3, 0.4) is 0 Å². The Hall–Kier alpha value is -1.89. The minimum absolute atomic E-state index is 0.169. The first-order chi connectivity index (χ1) is 11.1. The first-order valence-corrected chi connectivity index (χ1v) is 9.14. The number of ether oxygens (including phenoxy) is 1. The Morgan fingerprint density at radius 3 is 2.61 bits per heavy atom. The van der Waals surface area contributed by atoms with Gasteiger partial charge in [0, 0.05) is 19.6 Å². The van der Waals surface area contributed by atoms with E-state index in [0.29, 0.717) is 18.8 Å². The Kier molecular flexibility index (Phi) is 3.60. The summed E-state index contributed by atoms with van der Waals surface area (Å²) in [7, 11) is -3.53. The quantitative estimate of drug-likeness (QED) is 0.909. The predicted octanol–water partition coefficient (Wildman–Crippen LogP) is 1.61. The Labute approximate surface area is 135 Å². The molecule has 0 saturated carbocycles. The molecule has 23 heavy (non-hydrogen) atoms. The smallest absolute Gasteiger partial charge is 0.244 e. The van der Waals surface area contributed by atoms with Crippen molar-refractivity contribution in [3.8, 4) is 5.75 Å². The number of nitrogens with zero attached hydrogens (tertiary/aromatic N) is 1. The summed E-state index contributed by atoms with van der Waals surface area (Å²) in [5.41, 5.74) is 1.22. The molecule has 1 fully saturated rings. The molecule has 1 N–H and O–H groups in total. The second-order valence-electron chi connectivity index (χ2n) is 6.01. The van der Waals surface area contributed by atoms with E-state index >= 15 is 0 Å². The summed E-state index contributed by atoms with van der Waals surface area (Å²) in [5.74, 6) is 0.439.